The highest BCUT2D eigenvalue weighted by molar-refractivity contribution is 6.01. The molecule has 1 fully saturated rings. The van der Waals surface area contributed by atoms with Crippen LogP contribution < -0.4 is 19.7 Å². The van der Waals surface area contributed by atoms with E-state index in [9.17, 15) is 22.8 Å². The number of amides is 2. The number of unbranched alkanes of at least 4 members (excludes halogenated alkanes) is 1. The fraction of sp³-hybridized carbons (Fsp3) is 0.474. The zero-order chi connectivity index (χ0) is 34.7. The van der Waals surface area contributed by atoms with E-state index in [0.717, 1.165) is 57.5 Å². The van der Waals surface area contributed by atoms with Crippen molar-refractivity contribution in [3.8, 4) is 22.6 Å². The molecule has 2 amide bonds. The van der Waals surface area contributed by atoms with Crippen LogP contribution in [0.1, 0.15) is 75.7 Å². The topological polar surface area (TPSA) is 71.1 Å². The second-order valence-electron chi connectivity index (χ2n) is 12.5. The summed E-state index contributed by atoms with van der Waals surface area (Å²) in [7, 11) is 0. The Balaban J connectivity index is 1.31. The van der Waals surface area contributed by atoms with Crippen molar-refractivity contribution in [3.63, 3.8) is 0 Å². The van der Waals surface area contributed by atoms with Crippen molar-refractivity contribution in [2.24, 2.45) is 5.92 Å². The van der Waals surface area contributed by atoms with E-state index in [1.54, 1.807) is 24.3 Å². The molecule has 48 heavy (non-hydrogen) atoms. The molecule has 0 radical (unpaired) electrons. The zero-order valence-electron chi connectivity index (χ0n) is 28.4. The number of hydrogen-bond donors (Lipinski definition) is 1. The van der Waals surface area contributed by atoms with Crippen molar-refractivity contribution in [1.82, 2.24) is 10.2 Å². The van der Waals surface area contributed by atoms with Crippen LogP contribution in [-0.4, -0.2) is 62.1 Å². The minimum Gasteiger partial charge on any atom is -0.492 e. The molecule has 3 aromatic rings. The molecular weight excluding hydrogens is 619 g/mol. The monoisotopic (exact) mass is 667 g/mol. The highest BCUT2D eigenvalue weighted by atomic mass is 19.4. The lowest BCUT2D eigenvalue weighted by atomic mass is 9.97. The van der Waals surface area contributed by atoms with E-state index in [-0.39, 0.29) is 23.8 Å². The Bertz CT molecular complexity index is 1460. The van der Waals surface area contributed by atoms with Gasteiger partial charge >= 0.3 is 6.18 Å². The second-order valence-corrected chi connectivity index (χ2v) is 12.5. The number of para-hydroxylation sites is 1. The Morgan fingerprint density at radius 1 is 0.896 bits per heavy atom. The smallest absolute Gasteiger partial charge is 0.416 e. The van der Waals surface area contributed by atoms with Crippen LogP contribution in [0.5, 0.6) is 11.5 Å². The van der Waals surface area contributed by atoms with Gasteiger partial charge in [-0.3, -0.25) is 9.59 Å². The zero-order valence-corrected chi connectivity index (χ0v) is 28.4. The molecule has 260 valence electrons. The standard InChI is InChI=1S/C38H48F3N3O4/c1-5-47-33-14-11-15-34(48-6-2)36(33)44(35(45)26-27(3)4)23-10-9-22-43-24-20-30(21-25-43)42-37(46)32-13-8-7-12-31(32)28-16-18-29(19-17-28)38(39,40)41/h7-8,11-19,27,30H,5-6,9-10,20-26H2,1-4H3,(H,42,46). The summed E-state index contributed by atoms with van der Waals surface area (Å²) in [6.07, 6.45) is -0.669. The van der Waals surface area contributed by atoms with Crippen molar-refractivity contribution >= 4 is 17.5 Å². The first-order chi connectivity index (χ1) is 23.0. The van der Waals surface area contributed by atoms with Gasteiger partial charge in [0.05, 0.1) is 18.8 Å². The SMILES string of the molecule is CCOc1cccc(OCC)c1N(CCCCN1CCC(NC(=O)c2ccccc2-c2ccc(C(F)(F)F)cc2)CC1)C(=O)CC(C)C. The van der Waals surface area contributed by atoms with Gasteiger partial charge < -0.3 is 24.6 Å². The van der Waals surface area contributed by atoms with E-state index >= 15 is 0 Å². The number of halogens is 3. The van der Waals surface area contributed by atoms with Crippen LogP contribution >= 0.6 is 0 Å². The van der Waals surface area contributed by atoms with Crippen LogP contribution in [0, 0.1) is 5.92 Å². The molecule has 1 heterocycles. The summed E-state index contributed by atoms with van der Waals surface area (Å²) in [6.45, 7) is 12.0. The van der Waals surface area contributed by atoms with Crippen molar-refractivity contribution in [3.05, 3.63) is 77.9 Å². The third-order valence-electron chi connectivity index (χ3n) is 8.44. The Hall–Kier alpha value is -4.05. The fourth-order valence-corrected chi connectivity index (χ4v) is 6.07. The van der Waals surface area contributed by atoms with Gasteiger partial charge in [-0.05, 0) is 93.5 Å². The maximum Gasteiger partial charge on any atom is 0.416 e. The van der Waals surface area contributed by atoms with Gasteiger partial charge in [-0.25, -0.2) is 0 Å². The molecule has 0 atom stereocenters. The molecule has 3 aromatic carbocycles. The molecule has 1 N–H and O–H groups in total. The number of piperidine rings is 1. The van der Waals surface area contributed by atoms with Gasteiger partial charge in [0.2, 0.25) is 5.91 Å². The molecule has 7 nitrogen and oxygen atoms in total. The predicted molar refractivity (Wildman–Crippen MR) is 184 cm³/mol. The molecule has 1 saturated heterocycles. The average Bonchev–Trinajstić information content (AvgIpc) is 3.06. The summed E-state index contributed by atoms with van der Waals surface area (Å²) < 4.78 is 51.0. The highest BCUT2D eigenvalue weighted by Gasteiger charge is 2.30. The minimum absolute atomic E-state index is 0.00520. The Morgan fingerprint density at radius 2 is 1.52 bits per heavy atom. The number of carbonyl (C=O) groups excluding carboxylic acids is 2. The summed E-state index contributed by atoms with van der Waals surface area (Å²) in [5, 5.41) is 3.15. The largest absolute Gasteiger partial charge is 0.492 e. The number of carbonyl (C=O) groups is 2. The second kappa shape index (κ2) is 17.4. The van der Waals surface area contributed by atoms with Gasteiger partial charge in [-0.1, -0.05) is 50.2 Å². The lowest BCUT2D eigenvalue weighted by Crippen LogP contribution is -2.45. The van der Waals surface area contributed by atoms with Crippen molar-refractivity contribution in [1.29, 1.82) is 0 Å². The van der Waals surface area contributed by atoms with Crippen LogP contribution in [0.15, 0.2) is 66.7 Å². The highest BCUT2D eigenvalue weighted by Crippen LogP contribution is 2.39. The molecule has 1 aliphatic rings. The number of anilines is 1. The summed E-state index contributed by atoms with van der Waals surface area (Å²) in [5.74, 6) is 1.33. The first kappa shape index (κ1) is 36.8. The maximum absolute atomic E-state index is 13.5. The minimum atomic E-state index is -4.42. The first-order valence-electron chi connectivity index (χ1n) is 17.0. The molecule has 0 bridgehead atoms. The van der Waals surface area contributed by atoms with Gasteiger partial charge in [0.25, 0.3) is 5.91 Å². The fourth-order valence-electron chi connectivity index (χ4n) is 6.07. The number of nitrogens with zero attached hydrogens (tertiary/aromatic N) is 2. The van der Waals surface area contributed by atoms with Crippen LogP contribution in [-0.2, 0) is 11.0 Å². The number of alkyl halides is 3. The van der Waals surface area contributed by atoms with Crippen molar-refractivity contribution in [2.75, 3.05) is 44.3 Å². The molecule has 1 aliphatic heterocycles. The molecule has 0 unspecified atom stereocenters. The van der Waals surface area contributed by atoms with Gasteiger partial charge in [-0.2, -0.15) is 13.2 Å². The number of rotatable bonds is 15. The van der Waals surface area contributed by atoms with E-state index in [0.29, 0.717) is 60.1 Å². The Morgan fingerprint density at radius 3 is 2.10 bits per heavy atom. The van der Waals surface area contributed by atoms with E-state index in [1.165, 1.54) is 12.1 Å². The summed E-state index contributed by atoms with van der Waals surface area (Å²) in [4.78, 5) is 31.0. The third kappa shape index (κ3) is 9.98. The number of hydrogen-bond acceptors (Lipinski definition) is 5. The van der Waals surface area contributed by atoms with E-state index in [4.69, 9.17) is 9.47 Å². The summed E-state index contributed by atoms with van der Waals surface area (Å²) in [5.41, 5.74) is 1.57. The Kier molecular flexibility index (Phi) is 13.3. The summed E-state index contributed by atoms with van der Waals surface area (Å²) in [6, 6.07) is 17.5. The quantitative estimate of drug-likeness (QED) is 0.166. The predicted octanol–water partition coefficient (Wildman–Crippen LogP) is 8.22. The van der Waals surface area contributed by atoms with E-state index < -0.39 is 11.7 Å². The van der Waals surface area contributed by atoms with Crippen LogP contribution in [0.25, 0.3) is 11.1 Å². The molecule has 0 aliphatic carbocycles. The molecule has 0 spiro atoms. The molecular formula is C38H48F3N3O4. The van der Waals surface area contributed by atoms with Crippen molar-refractivity contribution in [2.45, 2.75) is 72.0 Å². The number of likely N-dealkylation sites (tertiary alicyclic amines) is 1. The van der Waals surface area contributed by atoms with Crippen LogP contribution in [0.2, 0.25) is 0 Å². The first-order valence-corrected chi connectivity index (χ1v) is 17.0. The van der Waals surface area contributed by atoms with Crippen LogP contribution in [0.3, 0.4) is 0 Å². The van der Waals surface area contributed by atoms with Gasteiger partial charge in [0.15, 0.2) is 0 Å². The molecule has 0 aromatic heterocycles. The maximum atomic E-state index is 13.5. The van der Waals surface area contributed by atoms with Gasteiger partial charge in [0.1, 0.15) is 17.2 Å². The number of benzene rings is 3. The third-order valence-corrected chi connectivity index (χ3v) is 8.44. The van der Waals surface area contributed by atoms with Crippen molar-refractivity contribution < 1.29 is 32.2 Å². The number of nitrogens with one attached hydrogen (secondary N) is 1. The molecule has 0 saturated carbocycles. The lowest BCUT2D eigenvalue weighted by molar-refractivity contribution is -0.137. The van der Waals surface area contributed by atoms with Gasteiger partial charge in [0, 0.05) is 37.7 Å². The number of ether oxygens (including phenoxy) is 2. The average molecular weight is 668 g/mol. The van der Waals surface area contributed by atoms with E-state index in [1.807, 2.05) is 50.8 Å². The van der Waals surface area contributed by atoms with E-state index in [2.05, 4.69) is 10.2 Å². The summed E-state index contributed by atoms with van der Waals surface area (Å²) >= 11 is 0. The van der Waals surface area contributed by atoms with Crippen LogP contribution in [0.4, 0.5) is 18.9 Å². The normalized spacial score (nSPS) is 14.2. The lowest BCUT2D eigenvalue weighted by Gasteiger charge is -2.33. The van der Waals surface area contributed by atoms with Gasteiger partial charge in [-0.15, -0.1) is 0 Å². The Labute approximate surface area is 282 Å². The molecule has 10 heteroatoms. The molecule has 4 rings (SSSR count).